The van der Waals surface area contributed by atoms with Gasteiger partial charge in [-0.2, -0.15) is 0 Å². The molecule has 6 heteroatoms. The predicted octanol–water partition coefficient (Wildman–Crippen LogP) is -2.40. The highest BCUT2D eigenvalue weighted by atomic mass is 16.5. The molecule has 0 saturated carbocycles. The van der Waals surface area contributed by atoms with E-state index in [-0.39, 0.29) is 19.1 Å². The zero-order valence-electron chi connectivity index (χ0n) is 7.88. The maximum absolute atomic E-state index is 10.7. The lowest BCUT2D eigenvalue weighted by Crippen LogP contribution is -2.59. The second-order valence-corrected chi connectivity index (χ2v) is 3.34. The minimum atomic E-state index is -1.18. The molecular formula is C8H15NO5. The average Bonchev–Trinajstić information content (AvgIpc) is 2.13. The zero-order valence-corrected chi connectivity index (χ0v) is 7.88. The maximum atomic E-state index is 10.7. The molecule has 0 aromatic rings. The fourth-order valence-electron chi connectivity index (χ4n) is 1.43. The first-order valence-electron chi connectivity index (χ1n) is 4.42. The molecule has 14 heavy (non-hydrogen) atoms. The summed E-state index contributed by atoms with van der Waals surface area (Å²) in [7, 11) is 0. The first-order valence-corrected chi connectivity index (χ1v) is 4.42. The van der Waals surface area contributed by atoms with Gasteiger partial charge in [-0.25, -0.2) is 0 Å². The first-order chi connectivity index (χ1) is 6.56. The van der Waals surface area contributed by atoms with Gasteiger partial charge >= 0.3 is 0 Å². The first kappa shape index (κ1) is 11.4. The number of hydrogen-bond acceptors (Lipinski definition) is 5. The summed E-state index contributed by atoms with van der Waals surface area (Å²) in [6.07, 6.45) is -3.06. The lowest BCUT2D eigenvalue weighted by molar-refractivity contribution is -0.164. The van der Waals surface area contributed by atoms with Crippen molar-refractivity contribution < 1.29 is 24.9 Å². The fraction of sp³-hybridized carbons (Fsp3) is 0.875. The fourth-order valence-corrected chi connectivity index (χ4v) is 1.43. The number of carbonyl (C=O) groups is 1. The van der Waals surface area contributed by atoms with Gasteiger partial charge in [-0.05, 0) is 0 Å². The van der Waals surface area contributed by atoms with Gasteiger partial charge in [-0.1, -0.05) is 0 Å². The summed E-state index contributed by atoms with van der Waals surface area (Å²) < 4.78 is 5.05. The molecule has 0 aliphatic carbocycles. The van der Waals surface area contributed by atoms with E-state index in [4.69, 9.17) is 9.84 Å². The molecule has 6 nitrogen and oxygen atoms in total. The highest BCUT2D eigenvalue weighted by molar-refractivity contribution is 5.73. The summed E-state index contributed by atoms with van der Waals surface area (Å²) in [5.74, 6) is -0.299. The summed E-state index contributed by atoms with van der Waals surface area (Å²) in [6.45, 7) is 1.05. The van der Waals surface area contributed by atoms with Crippen LogP contribution in [0.1, 0.15) is 6.92 Å². The van der Waals surface area contributed by atoms with Crippen molar-refractivity contribution in [1.29, 1.82) is 0 Å². The van der Waals surface area contributed by atoms with Crippen molar-refractivity contribution in [3.8, 4) is 0 Å². The van der Waals surface area contributed by atoms with Crippen molar-refractivity contribution in [3.63, 3.8) is 0 Å². The number of aliphatic hydroxyl groups excluding tert-OH is 3. The molecule has 0 aromatic carbocycles. The molecule has 0 radical (unpaired) electrons. The van der Waals surface area contributed by atoms with Crippen molar-refractivity contribution in [2.75, 3.05) is 13.2 Å². The molecule has 1 fully saturated rings. The van der Waals surface area contributed by atoms with Gasteiger partial charge in [-0.3, -0.25) is 4.79 Å². The molecule has 0 spiro atoms. The van der Waals surface area contributed by atoms with E-state index in [1.54, 1.807) is 0 Å². The van der Waals surface area contributed by atoms with Crippen molar-refractivity contribution in [1.82, 2.24) is 5.32 Å². The summed E-state index contributed by atoms with van der Waals surface area (Å²) in [5, 5.41) is 30.2. The quantitative estimate of drug-likeness (QED) is 0.403. The van der Waals surface area contributed by atoms with Crippen LogP contribution in [0.15, 0.2) is 0 Å². The van der Waals surface area contributed by atoms with Crippen molar-refractivity contribution in [2.24, 2.45) is 0 Å². The summed E-state index contributed by atoms with van der Waals surface area (Å²) in [4.78, 5) is 10.7. The van der Waals surface area contributed by atoms with Crippen LogP contribution in [0.25, 0.3) is 0 Å². The zero-order chi connectivity index (χ0) is 10.7. The van der Waals surface area contributed by atoms with E-state index < -0.39 is 24.4 Å². The number of nitrogens with one attached hydrogen (secondary N) is 1. The smallest absolute Gasteiger partial charge is 0.217 e. The SMILES string of the molecule is CC(=O)NC1COC(CO)[C@H](O)[C@H]1O. The number of amides is 1. The van der Waals surface area contributed by atoms with E-state index in [0.717, 1.165) is 0 Å². The van der Waals surface area contributed by atoms with Gasteiger partial charge in [-0.15, -0.1) is 0 Å². The lowest BCUT2D eigenvalue weighted by Gasteiger charge is -2.36. The monoisotopic (exact) mass is 205 g/mol. The Morgan fingerprint density at radius 1 is 1.50 bits per heavy atom. The van der Waals surface area contributed by atoms with E-state index in [0.29, 0.717) is 0 Å². The van der Waals surface area contributed by atoms with Gasteiger partial charge in [0.2, 0.25) is 5.91 Å². The number of hydrogen-bond donors (Lipinski definition) is 4. The van der Waals surface area contributed by atoms with Crippen molar-refractivity contribution in [2.45, 2.75) is 31.3 Å². The van der Waals surface area contributed by atoms with E-state index >= 15 is 0 Å². The maximum Gasteiger partial charge on any atom is 0.217 e. The van der Waals surface area contributed by atoms with Crippen LogP contribution in [0.4, 0.5) is 0 Å². The van der Waals surface area contributed by atoms with E-state index in [9.17, 15) is 15.0 Å². The number of ether oxygens (including phenoxy) is 1. The van der Waals surface area contributed by atoms with E-state index in [2.05, 4.69) is 5.32 Å². The minimum Gasteiger partial charge on any atom is -0.394 e. The largest absolute Gasteiger partial charge is 0.394 e. The molecule has 1 amide bonds. The van der Waals surface area contributed by atoms with Crippen LogP contribution >= 0.6 is 0 Å². The highest BCUT2D eigenvalue weighted by Crippen LogP contribution is 2.14. The third-order valence-electron chi connectivity index (χ3n) is 2.20. The Bertz CT molecular complexity index is 210. The van der Waals surface area contributed by atoms with E-state index in [1.165, 1.54) is 6.92 Å². The van der Waals surface area contributed by atoms with Crippen LogP contribution in [-0.2, 0) is 9.53 Å². The van der Waals surface area contributed by atoms with Crippen LogP contribution in [0.5, 0.6) is 0 Å². The average molecular weight is 205 g/mol. The Morgan fingerprint density at radius 3 is 2.64 bits per heavy atom. The van der Waals surface area contributed by atoms with Gasteiger partial charge < -0.3 is 25.4 Å². The third kappa shape index (κ3) is 2.42. The topological polar surface area (TPSA) is 99.0 Å². The van der Waals surface area contributed by atoms with Crippen LogP contribution in [0, 0.1) is 0 Å². The summed E-state index contributed by atoms with van der Waals surface area (Å²) in [5.41, 5.74) is 0. The minimum absolute atomic E-state index is 0.0863. The van der Waals surface area contributed by atoms with Gasteiger partial charge in [0.15, 0.2) is 0 Å². The van der Waals surface area contributed by atoms with E-state index in [1.807, 2.05) is 0 Å². The standard InChI is InChI=1S/C8H15NO5/c1-4(11)9-5-3-14-6(2-10)8(13)7(5)12/h5-8,10,12-13H,2-3H2,1H3,(H,9,11)/t5?,6?,7-,8-/m0/s1. The normalized spacial score (nSPS) is 38.0. The number of rotatable bonds is 2. The van der Waals surface area contributed by atoms with Gasteiger partial charge in [0.05, 0.1) is 19.3 Å². The Kier molecular flexibility index (Phi) is 3.82. The molecular weight excluding hydrogens is 190 g/mol. The third-order valence-corrected chi connectivity index (χ3v) is 2.20. The Balaban J connectivity index is 2.54. The molecule has 1 rings (SSSR count). The molecule has 1 heterocycles. The Morgan fingerprint density at radius 2 is 2.14 bits per heavy atom. The van der Waals surface area contributed by atoms with Gasteiger partial charge in [0.1, 0.15) is 18.3 Å². The van der Waals surface area contributed by atoms with Crippen molar-refractivity contribution >= 4 is 5.91 Å². The second-order valence-electron chi connectivity index (χ2n) is 3.34. The summed E-state index contributed by atoms with van der Waals surface area (Å²) >= 11 is 0. The molecule has 4 atom stereocenters. The van der Waals surface area contributed by atoms with Crippen LogP contribution in [0.2, 0.25) is 0 Å². The molecule has 1 aliphatic rings. The van der Waals surface area contributed by atoms with Crippen LogP contribution < -0.4 is 5.32 Å². The predicted molar refractivity (Wildman–Crippen MR) is 46.4 cm³/mol. The molecule has 0 aromatic heterocycles. The van der Waals surface area contributed by atoms with Gasteiger partial charge in [0.25, 0.3) is 0 Å². The van der Waals surface area contributed by atoms with Crippen molar-refractivity contribution in [3.05, 3.63) is 0 Å². The van der Waals surface area contributed by atoms with Crippen LogP contribution in [0.3, 0.4) is 0 Å². The molecule has 4 N–H and O–H groups in total. The number of carbonyl (C=O) groups excluding carboxylic acids is 1. The second kappa shape index (κ2) is 4.70. The Hall–Kier alpha value is -0.690. The Labute approximate surface area is 81.5 Å². The molecule has 1 saturated heterocycles. The van der Waals surface area contributed by atoms with Crippen LogP contribution in [-0.4, -0.2) is 58.8 Å². The molecule has 2 unspecified atom stereocenters. The molecule has 1 aliphatic heterocycles. The summed E-state index contributed by atoms with van der Waals surface area (Å²) in [6, 6.07) is -0.620. The van der Waals surface area contributed by atoms with Gasteiger partial charge in [0, 0.05) is 6.92 Å². The molecule has 82 valence electrons. The lowest BCUT2D eigenvalue weighted by atomic mass is 9.98. The molecule has 0 bridgehead atoms. The number of aliphatic hydroxyl groups is 3. The highest BCUT2D eigenvalue weighted by Gasteiger charge is 2.38.